The van der Waals surface area contributed by atoms with Crippen LogP contribution < -0.4 is 27.6 Å². The molecule has 6 N–H and O–H groups in total. The van der Waals surface area contributed by atoms with Gasteiger partial charge >= 0.3 is 0 Å². The number of anilines is 3. The van der Waals surface area contributed by atoms with Crippen LogP contribution in [-0.4, -0.2) is 35.5 Å². The zero-order chi connectivity index (χ0) is 18.0. The predicted molar refractivity (Wildman–Crippen MR) is 101 cm³/mol. The number of nitrogens with zero attached hydrogens (tertiary/aromatic N) is 3. The summed E-state index contributed by atoms with van der Waals surface area (Å²) in [7, 11) is 0.685. The molecule has 0 unspecified atom stereocenters. The molecule has 0 radical (unpaired) electrons. The van der Waals surface area contributed by atoms with Gasteiger partial charge in [0.1, 0.15) is 11.4 Å². The van der Waals surface area contributed by atoms with Crippen molar-refractivity contribution in [1.82, 2.24) is 9.97 Å². The van der Waals surface area contributed by atoms with Crippen molar-refractivity contribution in [2.45, 2.75) is 13.0 Å². The number of hydrogen-bond donors (Lipinski definition) is 4. The van der Waals surface area contributed by atoms with E-state index in [9.17, 15) is 4.79 Å². The van der Waals surface area contributed by atoms with Crippen LogP contribution in [0.15, 0.2) is 41.6 Å². The van der Waals surface area contributed by atoms with Gasteiger partial charge in [0.2, 0.25) is 5.95 Å². The van der Waals surface area contributed by atoms with E-state index in [2.05, 4.69) is 32.1 Å². The normalized spacial score (nSPS) is 12.8. The highest BCUT2D eigenvalue weighted by Crippen LogP contribution is 2.20. The summed E-state index contributed by atoms with van der Waals surface area (Å²) in [6.07, 6.45) is 3.19. The molecule has 1 aromatic carbocycles. The third kappa shape index (κ3) is 3.60. The second kappa shape index (κ2) is 6.64. The number of primary amides is 1. The fourth-order valence-electron chi connectivity index (χ4n) is 2.33. The molecule has 0 spiro atoms. The molecule has 1 aliphatic heterocycles. The first-order valence-corrected chi connectivity index (χ1v) is 7.71. The van der Waals surface area contributed by atoms with Gasteiger partial charge in [-0.2, -0.15) is 4.98 Å². The Bertz CT molecular complexity index is 881. The smallest absolute Gasteiger partial charge is 0.295 e. The van der Waals surface area contributed by atoms with Gasteiger partial charge in [0, 0.05) is 23.8 Å². The molecule has 2 aromatic rings. The molecule has 0 saturated heterocycles. The number of rotatable bonds is 6. The Labute approximate surface area is 145 Å². The first-order valence-electron chi connectivity index (χ1n) is 7.71. The summed E-state index contributed by atoms with van der Waals surface area (Å²) in [5, 5.41) is 6.13. The van der Waals surface area contributed by atoms with Crippen molar-refractivity contribution in [2.24, 2.45) is 16.4 Å². The largest absolute Gasteiger partial charge is 0.401 e. The quantitative estimate of drug-likeness (QED) is 0.550. The second-order valence-electron chi connectivity index (χ2n) is 5.77. The highest BCUT2D eigenvalue weighted by Gasteiger charge is 2.15. The summed E-state index contributed by atoms with van der Waals surface area (Å²) < 4.78 is 0. The molecule has 0 fully saturated rings. The van der Waals surface area contributed by atoms with Crippen molar-refractivity contribution in [1.29, 1.82) is 0 Å². The van der Waals surface area contributed by atoms with Gasteiger partial charge < -0.3 is 27.0 Å². The molecule has 126 valence electrons. The number of fused-ring (bicyclic) bond motifs is 1. The molecule has 0 aliphatic carbocycles. The van der Waals surface area contributed by atoms with Crippen LogP contribution in [0, 0.1) is 0 Å². The standard InChI is InChI=1S/C16H18BN7O/c1-8(18)9(2)22-16-20-7-12(14(19)25)15(24-16)23-11-3-4-13-10(5-11)6-21-17-13/h3-7,9,17H,1,18H2,2H3,(H2,19,25)(H2,20,22,23,24)/t9-/m1/s1. The lowest BCUT2D eigenvalue weighted by Gasteiger charge is -2.15. The van der Waals surface area contributed by atoms with Crippen molar-refractivity contribution < 1.29 is 4.79 Å². The molecular weight excluding hydrogens is 317 g/mol. The van der Waals surface area contributed by atoms with Crippen molar-refractivity contribution in [3.05, 3.63) is 47.8 Å². The van der Waals surface area contributed by atoms with Crippen LogP contribution in [0.25, 0.3) is 0 Å². The minimum absolute atomic E-state index is 0.193. The first-order chi connectivity index (χ1) is 11.9. The first kappa shape index (κ1) is 16.5. The van der Waals surface area contributed by atoms with E-state index in [0.29, 0.717) is 24.9 Å². The average molecular weight is 335 g/mol. The van der Waals surface area contributed by atoms with Gasteiger partial charge in [-0.05, 0) is 30.1 Å². The Morgan fingerprint density at radius 3 is 2.88 bits per heavy atom. The summed E-state index contributed by atoms with van der Waals surface area (Å²) in [4.78, 5) is 24.3. The fourth-order valence-corrected chi connectivity index (χ4v) is 2.33. The highest BCUT2D eigenvalue weighted by atomic mass is 16.1. The number of amides is 1. The van der Waals surface area contributed by atoms with Crippen LogP contribution in [0.3, 0.4) is 0 Å². The van der Waals surface area contributed by atoms with Crippen molar-refractivity contribution in [3.8, 4) is 0 Å². The molecule has 1 aromatic heterocycles. The number of nitrogens with two attached hydrogens (primary N) is 2. The molecule has 2 heterocycles. The molecule has 1 atom stereocenters. The maximum Gasteiger partial charge on any atom is 0.295 e. The van der Waals surface area contributed by atoms with Crippen LogP contribution in [-0.2, 0) is 0 Å². The lowest BCUT2D eigenvalue weighted by atomic mass is 9.84. The summed E-state index contributed by atoms with van der Waals surface area (Å²) in [5.74, 6) is 0.0112. The van der Waals surface area contributed by atoms with Crippen LogP contribution in [0.4, 0.5) is 17.5 Å². The van der Waals surface area contributed by atoms with E-state index in [4.69, 9.17) is 11.5 Å². The van der Waals surface area contributed by atoms with E-state index in [0.717, 1.165) is 16.7 Å². The molecule has 1 aliphatic rings. The van der Waals surface area contributed by atoms with Crippen LogP contribution in [0.2, 0.25) is 0 Å². The van der Waals surface area contributed by atoms with E-state index >= 15 is 0 Å². The monoisotopic (exact) mass is 335 g/mol. The van der Waals surface area contributed by atoms with Crippen LogP contribution >= 0.6 is 0 Å². The maximum absolute atomic E-state index is 11.7. The fraction of sp³-hybridized carbons (Fsp3) is 0.125. The molecule has 3 rings (SSSR count). The topological polar surface area (TPSA) is 131 Å². The van der Waals surface area contributed by atoms with Gasteiger partial charge in [0.15, 0.2) is 0 Å². The van der Waals surface area contributed by atoms with Gasteiger partial charge in [-0.1, -0.05) is 12.6 Å². The van der Waals surface area contributed by atoms with Gasteiger partial charge in [0.25, 0.3) is 13.3 Å². The Morgan fingerprint density at radius 2 is 2.16 bits per heavy atom. The lowest BCUT2D eigenvalue weighted by molar-refractivity contribution is 0.100. The van der Waals surface area contributed by atoms with Gasteiger partial charge in [-0.25, -0.2) is 4.98 Å². The van der Waals surface area contributed by atoms with Gasteiger partial charge in [-0.15, -0.1) is 0 Å². The van der Waals surface area contributed by atoms with E-state index in [1.165, 1.54) is 6.20 Å². The zero-order valence-electron chi connectivity index (χ0n) is 13.8. The molecule has 8 nitrogen and oxygen atoms in total. The van der Waals surface area contributed by atoms with Crippen molar-refractivity contribution in [2.75, 3.05) is 10.6 Å². The maximum atomic E-state index is 11.7. The summed E-state index contributed by atoms with van der Waals surface area (Å²) in [5.41, 5.74) is 14.7. The van der Waals surface area contributed by atoms with E-state index in [1.807, 2.05) is 31.3 Å². The minimum Gasteiger partial charge on any atom is -0.401 e. The highest BCUT2D eigenvalue weighted by molar-refractivity contribution is 6.57. The summed E-state index contributed by atoms with van der Waals surface area (Å²) >= 11 is 0. The van der Waals surface area contributed by atoms with Gasteiger partial charge in [-0.3, -0.25) is 4.79 Å². The number of hydrogen-bond acceptors (Lipinski definition) is 7. The molecule has 0 saturated carbocycles. The number of benzene rings is 1. The summed E-state index contributed by atoms with van der Waals surface area (Å²) in [6, 6.07) is 5.60. The number of aromatic nitrogens is 2. The van der Waals surface area contributed by atoms with E-state index in [-0.39, 0.29) is 11.6 Å². The number of nitrogens with one attached hydrogen (secondary N) is 2. The number of carbonyl (C=O) groups excluding carboxylic acids is 1. The third-order valence-electron chi connectivity index (χ3n) is 3.86. The Kier molecular flexibility index (Phi) is 4.38. The molecule has 1 amide bonds. The minimum atomic E-state index is -0.618. The van der Waals surface area contributed by atoms with Gasteiger partial charge in [0.05, 0.1) is 6.04 Å². The zero-order valence-corrected chi connectivity index (χ0v) is 13.8. The molecule has 0 bridgehead atoms. The number of carbonyl (C=O) groups is 1. The average Bonchev–Trinajstić information content (AvgIpc) is 3.02. The molecule has 25 heavy (non-hydrogen) atoms. The SMILES string of the molecule is C=C(N)[C@@H](C)Nc1ncc(C(N)=O)c(Nc2ccc3c(c2)C=NB3)n1. The predicted octanol–water partition coefficient (Wildman–Crippen LogP) is 0.00120. The summed E-state index contributed by atoms with van der Waals surface area (Å²) in [6.45, 7) is 5.51. The Balaban J connectivity index is 1.91. The Morgan fingerprint density at radius 1 is 1.36 bits per heavy atom. The molecule has 9 heteroatoms. The lowest BCUT2D eigenvalue weighted by Crippen LogP contribution is -2.24. The molecular formula is C16H18BN7O. The van der Waals surface area contributed by atoms with Crippen LogP contribution in [0.5, 0.6) is 0 Å². The van der Waals surface area contributed by atoms with Crippen molar-refractivity contribution in [3.63, 3.8) is 0 Å². The van der Waals surface area contributed by atoms with Crippen molar-refractivity contribution >= 4 is 42.5 Å². The second-order valence-corrected chi connectivity index (χ2v) is 5.77. The van der Waals surface area contributed by atoms with E-state index in [1.54, 1.807) is 0 Å². The van der Waals surface area contributed by atoms with E-state index < -0.39 is 5.91 Å². The van der Waals surface area contributed by atoms with Crippen LogP contribution in [0.1, 0.15) is 22.8 Å². The third-order valence-corrected chi connectivity index (χ3v) is 3.86. The Hall–Kier alpha value is -3.36.